The highest BCUT2D eigenvalue weighted by Crippen LogP contribution is 2.49. The number of carbonyl (C=O) groups is 1. The molecule has 0 bridgehead atoms. The van der Waals surface area contributed by atoms with Crippen molar-refractivity contribution in [3.05, 3.63) is 0 Å². The van der Waals surface area contributed by atoms with Crippen LogP contribution in [-0.4, -0.2) is 17.6 Å². The van der Waals surface area contributed by atoms with Gasteiger partial charge in [-0.1, -0.05) is 50.7 Å². The third kappa shape index (κ3) is 1.31. The van der Waals surface area contributed by atoms with Crippen LogP contribution in [0.2, 0.25) is 0 Å². The molecule has 1 saturated heterocycles. The number of alkyl halides is 4. The zero-order chi connectivity index (χ0) is 8.86. The Balaban J connectivity index is 3.15. The number of carbonyl (C=O) groups excluding carboxylic acids is 1. The molecule has 1 N–H and O–H groups in total. The van der Waals surface area contributed by atoms with E-state index in [1.165, 1.54) is 0 Å². The van der Waals surface area contributed by atoms with E-state index in [0.29, 0.717) is 0 Å². The molecule has 0 aromatic heterocycles. The van der Waals surface area contributed by atoms with Gasteiger partial charge < -0.3 is 0 Å². The monoisotopic (exact) mass is 299 g/mol. The van der Waals surface area contributed by atoms with Crippen molar-refractivity contribution in [2.75, 3.05) is 0 Å². The van der Waals surface area contributed by atoms with E-state index in [1.54, 1.807) is 0 Å². The topological polar surface area (TPSA) is 46.2 Å². The first-order valence-electron chi connectivity index (χ1n) is 2.28. The van der Waals surface area contributed by atoms with Crippen LogP contribution in [0.3, 0.4) is 0 Å². The minimum atomic E-state index is -1.88. The lowest BCUT2D eigenvalue weighted by Crippen LogP contribution is -2.36. The van der Waals surface area contributed by atoms with E-state index < -0.39 is 24.3 Å². The minimum absolute atomic E-state index is 0.706. The lowest BCUT2D eigenvalue weighted by Gasteiger charge is -2.18. The minimum Gasteiger partial charge on any atom is -0.271 e. The fourth-order valence-corrected chi connectivity index (χ4v) is 2.62. The fraction of sp³-hybridized carbons (Fsp3) is 0.667. The average Bonchev–Trinajstić information content (AvgIpc) is 1.95. The Morgan fingerprint density at radius 2 is 1.91 bits per heavy atom. The van der Waals surface area contributed by atoms with Crippen molar-refractivity contribution in [1.29, 1.82) is 0 Å². The van der Waals surface area contributed by atoms with Gasteiger partial charge in [0.1, 0.15) is 0 Å². The molecule has 0 radical (unpaired) electrons. The quantitative estimate of drug-likeness (QED) is 0.684. The Hall–Kier alpha value is 0.970. The van der Waals surface area contributed by atoms with Crippen molar-refractivity contribution < 1.29 is 9.00 Å². The molecular formula is C3HBrCl3NO2S. The van der Waals surface area contributed by atoms with E-state index >= 15 is 0 Å². The Morgan fingerprint density at radius 3 is 2.00 bits per heavy atom. The molecule has 0 spiro atoms. The molecule has 0 aromatic rings. The van der Waals surface area contributed by atoms with Crippen LogP contribution in [0.5, 0.6) is 0 Å². The molecule has 1 aliphatic rings. The van der Waals surface area contributed by atoms with E-state index in [-0.39, 0.29) is 0 Å². The van der Waals surface area contributed by atoms with Crippen LogP contribution >= 0.6 is 50.7 Å². The molecule has 1 rings (SSSR count). The molecular weight excluding hydrogens is 300 g/mol. The van der Waals surface area contributed by atoms with Crippen LogP contribution in [0.15, 0.2) is 0 Å². The van der Waals surface area contributed by atoms with Crippen LogP contribution in [0.1, 0.15) is 0 Å². The lowest BCUT2D eigenvalue weighted by atomic mass is 10.4. The van der Waals surface area contributed by atoms with E-state index in [0.717, 1.165) is 0 Å². The molecule has 64 valence electrons. The second-order valence-electron chi connectivity index (χ2n) is 1.79. The van der Waals surface area contributed by atoms with Crippen molar-refractivity contribution in [2.45, 2.75) is 7.45 Å². The maximum absolute atomic E-state index is 10.9. The number of hydrogen-bond acceptors (Lipinski definition) is 2. The molecule has 1 fully saturated rings. The predicted octanol–water partition coefficient (Wildman–Crippen LogP) is 1.24. The molecule has 0 aliphatic carbocycles. The summed E-state index contributed by atoms with van der Waals surface area (Å²) in [5, 5.41) is 0. The highest BCUT2D eigenvalue weighted by molar-refractivity contribution is 9.11. The first-order chi connectivity index (χ1) is 4.80. The van der Waals surface area contributed by atoms with Gasteiger partial charge in [-0.25, -0.2) is 4.21 Å². The van der Waals surface area contributed by atoms with Gasteiger partial charge in [-0.3, -0.25) is 9.52 Å². The van der Waals surface area contributed by atoms with Gasteiger partial charge in [0.05, 0.1) is 0 Å². The van der Waals surface area contributed by atoms with Crippen molar-refractivity contribution in [3.63, 3.8) is 0 Å². The molecule has 0 aromatic carbocycles. The Labute approximate surface area is 88.5 Å². The summed E-state index contributed by atoms with van der Waals surface area (Å²) in [6, 6.07) is 0. The SMILES string of the molecule is O=C1NS(=O)C(Cl)(Cl)C1(Cl)Br. The number of nitrogens with one attached hydrogen (secondary N) is 1. The molecule has 11 heavy (non-hydrogen) atoms. The summed E-state index contributed by atoms with van der Waals surface area (Å²) in [7, 11) is -1.88. The Morgan fingerprint density at radius 1 is 1.45 bits per heavy atom. The van der Waals surface area contributed by atoms with E-state index in [1.807, 2.05) is 4.72 Å². The summed E-state index contributed by atoms with van der Waals surface area (Å²) >= 11 is 19.3. The highest BCUT2D eigenvalue weighted by Gasteiger charge is 2.63. The van der Waals surface area contributed by atoms with E-state index in [4.69, 9.17) is 34.8 Å². The second-order valence-corrected chi connectivity index (χ2v) is 7.13. The number of hydrogen-bond donors (Lipinski definition) is 1. The maximum Gasteiger partial charge on any atom is 0.268 e. The molecule has 1 amide bonds. The average molecular weight is 301 g/mol. The molecule has 0 saturated carbocycles. The van der Waals surface area contributed by atoms with Gasteiger partial charge in [0.15, 0.2) is 11.0 Å². The van der Waals surface area contributed by atoms with Gasteiger partial charge in [0, 0.05) is 0 Å². The Bertz CT molecular complexity index is 219. The predicted molar refractivity (Wildman–Crippen MR) is 48.2 cm³/mol. The van der Waals surface area contributed by atoms with Gasteiger partial charge >= 0.3 is 0 Å². The van der Waals surface area contributed by atoms with Gasteiger partial charge in [-0.15, -0.1) is 0 Å². The number of rotatable bonds is 0. The standard InChI is InChI=1S/C3HBrCl3NO2S/c4-2(5)1(9)8-11(10)3(2,6)7/h(H,8,9). The van der Waals surface area contributed by atoms with Gasteiger partial charge in [-0.2, -0.15) is 0 Å². The molecule has 3 nitrogen and oxygen atoms in total. The fourth-order valence-electron chi connectivity index (χ4n) is 0.461. The summed E-state index contributed by atoms with van der Waals surface area (Å²) < 4.78 is 9.35. The van der Waals surface area contributed by atoms with E-state index in [9.17, 15) is 9.00 Å². The zero-order valence-electron chi connectivity index (χ0n) is 4.74. The van der Waals surface area contributed by atoms with Crippen LogP contribution in [0.25, 0.3) is 0 Å². The molecule has 2 unspecified atom stereocenters. The molecule has 2 atom stereocenters. The number of amides is 1. The van der Waals surface area contributed by atoms with Crippen LogP contribution in [0.4, 0.5) is 0 Å². The second kappa shape index (κ2) is 2.73. The maximum atomic E-state index is 10.9. The zero-order valence-corrected chi connectivity index (χ0v) is 9.41. The molecule has 1 heterocycles. The van der Waals surface area contributed by atoms with Crippen molar-refractivity contribution in [1.82, 2.24) is 4.72 Å². The smallest absolute Gasteiger partial charge is 0.268 e. The van der Waals surface area contributed by atoms with Crippen LogP contribution < -0.4 is 4.72 Å². The first-order valence-corrected chi connectivity index (χ1v) is 5.36. The van der Waals surface area contributed by atoms with Crippen LogP contribution in [0, 0.1) is 0 Å². The van der Waals surface area contributed by atoms with Crippen molar-refractivity contribution >= 4 is 67.6 Å². The lowest BCUT2D eigenvalue weighted by molar-refractivity contribution is -0.118. The molecule has 8 heteroatoms. The summed E-state index contributed by atoms with van der Waals surface area (Å²) in [5.74, 6) is -0.706. The third-order valence-corrected chi connectivity index (χ3v) is 6.05. The summed E-state index contributed by atoms with van der Waals surface area (Å²) in [6.45, 7) is 0. The van der Waals surface area contributed by atoms with Crippen LogP contribution in [-0.2, 0) is 15.8 Å². The summed E-state index contributed by atoms with van der Waals surface area (Å²) in [5.41, 5.74) is 0. The largest absolute Gasteiger partial charge is 0.271 e. The Kier molecular flexibility index (Phi) is 2.50. The summed E-state index contributed by atoms with van der Waals surface area (Å²) in [6.07, 6.45) is 0. The summed E-state index contributed by atoms with van der Waals surface area (Å²) in [4.78, 5) is 10.9. The third-order valence-electron chi connectivity index (χ3n) is 1.07. The first kappa shape index (κ1) is 10.1. The van der Waals surface area contributed by atoms with E-state index in [2.05, 4.69) is 15.9 Å². The van der Waals surface area contributed by atoms with Gasteiger partial charge in [0.25, 0.3) is 5.91 Å². The van der Waals surface area contributed by atoms with Crippen molar-refractivity contribution in [2.24, 2.45) is 0 Å². The normalized spacial score (nSPS) is 42.2. The van der Waals surface area contributed by atoms with Gasteiger partial charge in [0.2, 0.25) is 7.45 Å². The number of halogens is 4. The van der Waals surface area contributed by atoms with Crippen molar-refractivity contribution in [3.8, 4) is 0 Å². The highest BCUT2D eigenvalue weighted by atomic mass is 79.9. The molecule has 1 aliphatic heterocycles. The van der Waals surface area contributed by atoms with Gasteiger partial charge in [-0.05, 0) is 0 Å².